The number of halogens is 1. The van der Waals surface area contributed by atoms with Crippen molar-refractivity contribution in [1.82, 2.24) is 9.71 Å². The molecule has 21 heavy (non-hydrogen) atoms. The summed E-state index contributed by atoms with van der Waals surface area (Å²) >= 11 is 5.00. The minimum absolute atomic E-state index is 0.0903. The molecule has 8 heteroatoms. The second kappa shape index (κ2) is 6.76. The molecule has 1 aliphatic carbocycles. The number of nitrogens with one attached hydrogen (secondary N) is 1. The molecule has 0 spiro atoms. The van der Waals surface area contributed by atoms with Gasteiger partial charge in [-0.25, -0.2) is 17.5 Å². The van der Waals surface area contributed by atoms with Crippen LogP contribution < -0.4 is 10.5 Å². The van der Waals surface area contributed by atoms with Crippen LogP contribution >= 0.6 is 12.2 Å². The first-order valence-electron chi connectivity index (χ1n) is 6.82. The molecule has 116 valence electrons. The van der Waals surface area contributed by atoms with Crippen molar-refractivity contribution in [2.75, 3.05) is 0 Å². The summed E-state index contributed by atoms with van der Waals surface area (Å²) in [5.74, 6) is -0.616. The fraction of sp³-hybridized carbons (Fsp3) is 0.538. The van der Waals surface area contributed by atoms with E-state index in [0.717, 1.165) is 50.6 Å². The van der Waals surface area contributed by atoms with E-state index in [9.17, 15) is 12.8 Å². The number of aromatic nitrogens is 1. The van der Waals surface area contributed by atoms with Crippen LogP contribution in [0.4, 0.5) is 4.39 Å². The maximum Gasteiger partial charge on any atom is 0.242 e. The normalized spacial score (nSPS) is 18.3. The molecule has 1 aromatic heterocycles. The maximum atomic E-state index is 13.1. The van der Waals surface area contributed by atoms with Crippen LogP contribution in [-0.4, -0.2) is 24.4 Å². The van der Waals surface area contributed by atoms with Crippen molar-refractivity contribution < 1.29 is 12.8 Å². The summed E-state index contributed by atoms with van der Waals surface area (Å²) in [6.07, 6.45) is 7.02. The van der Waals surface area contributed by atoms with Crippen LogP contribution in [0.1, 0.15) is 32.1 Å². The van der Waals surface area contributed by atoms with Crippen LogP contribution in [-0.2, 0) is 10.0 Å². The summed E-state index contributed by atoms with van der Waals surface area (Å²) in [6.45, 7) is 0. The average Bonchev–Trinajstić information content (AvgIpc) is 2.45. The Kier molecular flexibility index (Phi) is 5.23. The molecular weight excluding hydrogens is 313 g/mol. The smallest absolute Gasteiger partial charge is 0.242 e. The molecule has 1 aliphatic rings. The van der Waals surface area contributed by atoms with Gasteiger partial charge in [-0.2, -0.15) is 0 Å². The van der Waals surface area contributed by atoms with Crippen molar-refractivity contribution in [3.05, 3.63) is 24.3 Å². The highest BCUT2D eigenvalue weighted by molar-refractivity contribution is 7.89. The van der Waals surface area contributed by atoms with Gasteiger partial charge < -0.3 is 5.73 Å². The number of nitrogens with two attached hydrogens (primary N) is 1. The Morgan fingerprint density at radius 1 is 1.38 bits per heavy atom. The van der Waals surface area contributed by atoms with E-state index < -0.39 is 21.9 Å². The minimum Gasteiger partial charge on any atom is -0.392 e. The molecule has 1 atom stereocenters. The summed E-state index contributed by atoms with van der Waals surface area (Å²) < 4.78 is 40.3. The fourth-order valence-corrected chi connectivity index (χ4v) is 4.21. The van der Waals surface area contributed by atoms with Gasteiger partial charge in [0.05, 0.1) is 17.2 Å². The molecule has 0 aromatic carbocycles. The molecule has 1 saturated carbocycles. The van der Waals surface area contributed by atoms with E-state index in [1.165, 1.54) is 0 Å². The monoisotopic (exact) mass is 331 g/mol. The Morgan fingerprint density at radius 3 is 2.62 bits per heavy atom. The van der Waals surface area contributed by atoms with Gasteiger partial charge in [0.1, 0.15) is 10.7 Å². The third-order valence-electron chi connectivity index (χ3n) is 3.70. The van der Waals surface area contributed by atoms with Crippen molar-refractivity contribution in [1.29, 1.82) is 0 Å². The van der Waals surface area contributed by atoms with Gasteiger partial charge in [0.2, 0.25) is 10.0 Å². The van der Waals surface area contributed by atoms with Gasteiger partial charge in [-0.05, 0) is 24.8 Å². The van der Waals surface area contributed by atoms with Crippen LogP contribution in [0, 0.1) is 11.7 Å². The van der Waals surface area contributed by atoms with Gasteiger partial charge in [0, 0.05) is 6.20 Å². The van der Waals surface area contributed by atoms with Gasteiger partial charge in [0.25, 0.3) is 0 Å². The number of pyridine rings is 1. The molecule has 0 radical (unpaired) electrons. The highest BCUT2D eigenvalue weighted by Gasteiger charge is 2.30. The Balaban J connectivity index is 2.21. The van der Waals surface area contributed by atoms with Crippen molar-refractivity contribution in [3.63, 3.8) is 0 Å². The van der Waals surface area contributed by atoms with Crippen LogP contribution in [0.2, 0.25) is 0 Å². The molecule has 0 saturated heterocycles. The van der Waals surface area contributed by atoms with Crippen molar-refractivity contribution >= 4 is 27.2 Å². The molecule has 2 rings (SSSR count). The van der Waals surface area contributed by atoms with Gasteiger partial charge in [0.15, 0.2) is 0 Å². The number of rotatable bonds is 5. The van der Waals surface area contributed by atoms with E-state index in [-0.39, 0.29) is 15.8 Å². The molecule has 0 amide bonds. The lowest BCUT2D eigenvalue weighted by Gasteiger charge is -2.29. The predicted octanol–water partition coefficient (Wildman–Crippen LogP) is 1.73. The van der Waals surface area contributed by atoms with Gasteiger partial charge in [-0.3, -0.25) is 4.98 Å². The van der Waals surface area contributed by atoms with Gasteiger partial charge >= 0.3 is 0 Å². The van der Waals surface area contributed by atoms with Crippen LogP contribution in [0.15, 0.2) is 23.4 Å². The maximum absolute atomic E-state index is 13.1. The van der Waals surface area contributed by atoms with Crippen molar-refractivity contribution in [2.45, 2.75) is 43.0 Å². The molecule has 3 N–H and O–H groups in total. The van der Waals surface area contributed by atoms with Crippen molar-refractivity contribution in [2.24, 2.45) is 11.7 Å². The largest absolute Gasteiger partial charge is 0.392 e. The topological polar surface area (TPSA) is 85.1 Å². The zero-order valence-corrected chi connectivity index (χ0v) is 13.1. The number of thiocarbonyl (C=S) groups is 1. The second-order valence-electron chi connectivity index (χ2n) is 5.24. The van der Waals surface area contributed by atoms with E-state index >= 15 is 0 Å². The molecule has 1 fully saturated rings. The van der Waals surface area contributed by atoms with Crippen molar-refractivity contribution in [3.8, 4) is 0 Å². The van der Waals surface area contributed by atoms with E-state index in [1.54, 1.807) is 0 Å². The molecule has 0 aliphatic heterocycles. The molecular formula is C13H18FN3O2S2. The lowest BCUT2D eigenvalue weighted by Crippen LogP contribution is -2.48. The zero-order chi connectivity index (χ0) is 15.5. The molecule has 5 nitrogen and oxygen atoms in total. The van der Waals surface area contributed by atoms with Gasteiger partial charge in [-0.1, -0.05) is 31.5 Å². The van der Waals surface area contributed by atoms with Crippen LogP contribution in [0.5, 0.6) is 0 Å². The first-order valence-corrected chi connectivity index (χ1v) is 8.71. The average molecular weight is 331 g/mol. The highest BCUT2D eigenvalue weighted by atomic mass is 32.2. The molecule has 0 bridgehead atoms. The summed E-state index contributed by atoms with van der Waals surface area (Å²) in [7, 11) is -3.90. The molecule has 1 unspecified atom stereocenters. The summed E-state index contributed by atoms with van der Waals surface area (Å²) in [4.78, 5) is 3.45. The SMILES string of the molecule is NC(=S)C(NS(=O)(=O)c1cncc(F)c1)C1CCCCC1. The Bertz CT molecular complexity index is 616. The standard InChI is InChI=1S/C13H18FN3O2S2/c14-10-6-11(8-16-7-10)21(18,19)17-12(13(15)20)9-4-2-1-3-5-9/h6-9,12,17H,1-5H2,(H2,15,20). The van der Waals surface area contributed by atoms with Gasteiger partial charge in [-0.15, -0.1) is 0 Å². The first kappa shape index (κ1) is 16.3. The van der Waals surface area contributed by atoms with E-state index in [0.29, 0.717) is 0 Å². The Labute approximate surface area is 129 Å². The lowest BCUT2D eigenvalue weighted by atomic mass is 9.84. The van der Waals surface area contributed by atoms with Crippen LogP contribution in [0.3, 0.4) is 0 Å². The number of sulfonamides is 1. The number of hydrogen-bond acceptors (Lipinski definition) is 4. The third-order valence-corrected chi connectivity index (χ3v) is 5.36. The first-order chi connectivity index (χ1) is 9.90. The molecule has 1 aromatic rings. The number of hydrogen-bond donors (Lipinski definition) is 2. The third kappa shape index (κ3) is 4.18. The van der Waals surface area contributed by atoms with E-state index in [4.69, 9.17) is 18.0 Å². The fourth-order valence-electron chi connectivity index (χ4n) is 2.63. The Hall–Kier alpha value is -1.12. The summed E-state index contributed by atoms with van der Waals surface area (Å²) in [6, 6.07) is 0.320. The lowest BCUT2D eigenvalue weighted by molar-refractivity contribution is 0.330. The highest BCUT2D eigenvalue weighted by Crippen LogP contribution is 2.27. The zero-order valence-electron chi connectivity index (χ0n) is 11.5. The minimum atomic E-state index is -3.90. The predicted molar refractivity (Wildman–Crippen MR) is 81.7 cm³/mol. The van der Waals surface area contributed by atoms with E-state index in [1.807, 2.05) is 0 Å². The quantitative estimate of drug-likeness (QED) is 0.803. The van der Waals surface area contributed by atoms with Crippen LogP contribution in [0.25, 0.3) is 0 Å². The van der Waals surface area contributed by atoms with E-state index in [2.05, 4.69) is 9.71 Å². The summed E-state index contributed by atoms with van der Waals surface area (Å²) in [5.41, 5.74) is 5.70. The molecule has 1 heterocycles. The Morgan fingerprint density at radius 2 is 2.05 bits per heavy atom. The second-order valence-corrected chi connectivity index (χ2v) is 7.42. The number of nitrogens with zero attached hydrogens (tertiary/aromatic N) is 1. The summed E-state index contributed by atoms with van der Waals surface area (Å²) in [5, 5.41) is 0.